The Bertz CT molecular complexity index is 266. The minimum Gasteiger partial charge on any atom is -0.339 e. The molecule has 0 aromatic heterocycles. The zero-order chi connectivity index (χ0) is 11.7. The molecule has 2 rings (SSSR count). The Kier molecular flexibility index (Phi) is 3.77. The number of carbonyl (C=O) groups is 1. The molecule has 0 aromatic rings. The van der Waals surface area contributed by atoms with E-state index in [0.717, 1.165) is 24.7 Å². The molecule has 0 spiro atoms. The number of hydrogen-bond donors (Lipinski definition) is 1. The van der Waals surface area contributed by atoms with Crippen molar-refractivity contribution in [3.05, 3.63) is 0 Å². The van der Waals surface area contributed by atoms with Crippen LogP contribution in [0.2, 0.25) is 0 Å². The van der Waals surface area contributed by atoms with E-state index < -0.39 is 0 Å². The number of likely N-dealkylation sites (N-methyl/N-ethyl adjacent to an activating group) is 1. The van der Waals surface area contributed by atoms with Gasteiger partial charge in [-0.3, -0.25) is 10.1 Å². The maximum absolute atomic E-state index is 12.2. The third-order valence-electron chi connectivity index (χ3n) is 3.56. The van der Waals surface area contributed by atoms with E-state index in [1.54, 1.807) is 0 Å². The molecule has 2 saturated heterocycles. The maximum atomic E-state index is 12.2. The molecule has 0 saturated carbocycles. The van der Waals surface area contributed by atoms with Gasteiger partial charge in [-0.1, -0.05) is 6.92 Å². The number of likely N-dealkylation sites (tertiary alicyclic amines) is 1. The van der Waals surface area contributed by atoms with Crippen molar-refractivity contribution in [3.63, 3.8) is 0 Å². The summed E-state index contributed by atoms with van der Waals surface area (Å²) >= 11 is 1.81. The highest BCUT2D eigenvalue weighted by atomic mass is 32.2. The Morgan fingerprint density at radius 1 is 1.44 bits per heavy atom. The first kappa shape index (κ1) is 12.2. The van der Waals surface area contributed by atoms with Crippen LogP contribution in [0.3, 0.4) is 0 Å². The Morgan fingerprint density at radius 3 is 2.69 bits per heavy atom. The molecule has 1 N–H and O–H groups in total. The monoisotopic (exact) mass is 243 g/mol. The second kappa shape index (κ2) is 4.94. The fourth-order valence-corrected chi connectivity index (χ4v) is 3.51. The van der Waals surface area contributed by atoms with Crippen LogP contribution in [0.15, 0.2) is 0 Å². The van der Waals surface area contributed by atoms with Gasteiger partial charge in [-0.25, -0.2) is 0 Å². The van der Waals surface area contributed by atoms with Gasteiger partial charge in [0.15, 0.2) is 0 Å². The van der Waals surface area contributed by atoms with Crippen molar-refractivity contribution >= 4 is 17.7 Å². The van der Waals surface area contributed by atoms with Crippen LogP contribution in [0, 0.1) is 5.92 Å². The average molecular weight is 243 g/mol. The van der Waals surface area contributed by atoms with E-state index in [0.29, 0.717) is 17.9 Å². The fourth-order valence-electron chi connectivity index (χ4n) is 2.58. The minimum atomic E-state index is 0.0538. The van der Waals surface area contributed by atoms with E-state index >= 15 is 0 Å². The van der Waals surface area contributed by atoms with Gasteiger partial charge in [-0.2, -0.15) is 0 Å². The van der Waals surface area contributed by atoms with Gasteiger partial charge in [0.25, 0.3) is 0 Å². The van der Waals surface area contributed by atoms with Gasteiger partial charge in [-0.15, -0.1) is 11.8 Å². The van der Waals surface area contributed by atoms with E-state index in [1.165, 1.54) is 0 Å². The first-order valence-electron chi connectivity index (χ1n) is 5.86. The highest BCUT2D eigenvalue weighted by Gasteiger charge is 2.36. The first-order chi connectivity index (χ1) is 7.59. The molecule has 0 aromatic carbocycles. The Morgan fingerprint density at radius 2 is 2.19 bits per heavy atom. The molecule has 0 aliphatic carbocycles. The van der Waals surface area contributed by atoms with Crippen LogP contribution in [-0.2, 0) is 4.79 Å². The molecule has 0 bridgehead atoms. The molecule has 2 heterocycles. The Labute approximate surface area is 102 Å². The van der Waals surface area contributed by atoms with Crippen molar-refractivity contribution in [1.29, 1.82) is 0 Å². The van der Waals surface area contributed by atoms with Crippen molar-refractivity contribution in [2.24, 2.45) is 5.92 Å². The summed E-state index contributed by atoms with van der Waals surface area (Å²) in [6.07, 6.45) is 0. The van der Waals surface area contributed by atoms with Crippen LogP contribution in [0.4, 0.5) is 0 Å². The molecular formula is C11H21N3OS. The molecule has 1 amide bonds. The van der Waals surface area contributed by atoms with Crippen molar-refractivity contribution in [3.8, 4) is 0 Å². The predicted octanol–water partition coefficient (Wildman–Crippen LogP) is 0.0574. The second-order valence-corrected chi connectivity index (χ2v) is 6.05. The van der Waals surface area contributed by atoms with Crippen molar-refractivity contribution in [1.82, 2.24) is 15.1 Å². The van der Waals surface area contributed by atoms with E-state index in [1.807, 2.05) is 16.7 Å². The van der Waals surface area contributed by atoms with Gasteiger partial charge >= 0.3 is 0 Å². The fraction of sp³-hybridized carbons (Fsp3) is 0.909. The topological polar surface area (TPSA) is 35.6 Å². The lowest BCUT2D eigenvalue weighted by atomic mass is 10.1. The van der Waals surface area contributed by atoms with Gasteiger partial charge in [0, 0.05) is 30.8 Å². The van der Waals surface area contributed by atoms with Gasteiger partial charge in [-0.05, 0) is 20.0 Å². The molecule has 3 atom stereocenters. The lowest BCUT2D eigenvalue weighted by molar-refractivity contribution is -0.131. The SMILES string of the molecule is CC1CN(C(=O)C2CSCN2)CC1N(C)C. The highest BCUT2D eigenvalue weighted by molar-refractivity contribution is 7.99. The van der Waals surface area contributed by atoms with E-state index in [4.69, 9.17) is 0 Å². The van der Waals surface area contributed by atoms with Gasteiger partial charge in [0.1, 0.15) is 0 Å². The summed E-state index contributed by atoms with van der Waals surface area (Å²) in [4.78, 5) is 16.5. The summed E-state index contributed by atoms with van der Waals surface area (Å²) in [5.41, 5.74) is 0. The summed E-state index contributed by atoms with van der Waals surface area (Å²) in [7, 11) is 4.19. The third-order valence-corrected chi connectivity index (χ3v) is 4.50. The highest BCUT2D eigenvalue weighted by Crippen LogP contribution is 2.22. The Balaban J connectivity index is 1.94. The van der Waals surface area contributed by atoms with Crippen LogP contribution in [0.5, 0.6) is 0 Å². The molecule has 0 radical (unpaired) electrons. The zero-order valence-electron chi connectivity index (χ0n) is 10.3. The molecule has 4 nitrogen and oxygen atoms in total. The second-order valence-electron chi connectivity index (χ2n) is 5.02. The molecule has 2 fully saturated rings. The maximum Gasteiger partial charge on any atom is 0.240 e. The average Bonchev–Trinajstić information content (AvgIpc) is 2.84. The summed E-state index contributed by atoms with van der Waals surface area (Å²) < 4.78 is 0. The van der Waals surface area contributed by atoms with E-state index in [9.17, 15) is 4.79 Å². The van der Waals surface area contributed by atoms with Gasteiger partial charge < -0.3 is 9.80 Å². The normalized spacial score (nSPS) is 35.0. The third kappa shape index (κ3) is 2.36. The number of thioether (sulfide) groups is 1. The summed E-state index contributed by atoms with van der Waals surface area (Å²) in [5.74, 6) is 2.71. The van der Waals surface area contributed by atoms with Crippen molar-refractivity contribution in [2.75, 3.05) is 38.8 Å². The van der Waals surface area contributed by atoms with Crippen LogP contribution in [0.25, 0.3) is 0 Å². The smallest absolute Gasteiger partial charge is 0.240 e. The molecule has 16 heavy (non-hydrogen) atoms. The molecule has 3 unspecified atom stereocenters. The van der Waals surface area contributed by atoms with Gasteiger partial charge in [0.05, 0.1) is 6.04 Å². The number of hydrogen-bond acceptors (Lipinski definition) is 4. The summed E-state index contributed by atoms with van der Waals surface area (Å²) in [5, 5.41) is 3.25. The van der Waals surface area contributed by atoms with E-state index in [-0.39, 0.29) is 6.04 Å². The number of rotatable bonds is 2. The van der Waals surface area contributed by atoms with Gasteiger partial charge in [0.2, 0.25) is 5.91 Å². The molecule has 92 valence electrons. The standard InChI is InChI=1S/C11H21N3OS/c1-8-4-14(5-10(8)13(2)3)11(15)9-6-16-7-12-9/h8-10,12H,4-7H2,1-3H3. The summed E-state index contributed by atoms with van der Waals surface area (Å²) in [6.45, 7) is 4.02. The zero-order valence-corrected chi connectivity index (χ0v) is 11.1. The quantitative estimate of drug-likeness (QED) is 0.744. The molecular weight excluding hydrogens is 222 g/mol. The minimum absolute atomic E-state index is 0.0538. The summed E-state index contributed by atoms with van der Waals surface area (Å²) in [6, 6.07) is 0.566. The van der Waals surface area contributed by atoms with Crippen molar-refractivity contribution in [2.45, 2.75) is 19.0 Å². The van der Waals surface area contributed by atoms with Crippen LogP contribution < -0.4 is 5.32 Å². The Hall–Kier alpha value is -0.260. The molecule has 5 heteroatoms. The van der Waals surface area contributed by atoms with Crippen molar-refractivity contribution < 1.29 is 4.79 Å². The molecule has 2 aliphatic heterocycles. The lowest BCUT2D eigenvalue weighted by Crippen LogP contribution is -2.45. The first-order valence-corrected chi connectivity index (χ1v) is 7.01. The van der Waals surface area contributed by atoms with Crippen LogP contribution in [0.1, 0.15) is 6.92 Å². The largest absolute Gasteiger partial charge is 0.339 e. The van der Waals surface area contributed by atoms with E-state index in [2.05, 4.69) is 31.2 Å². The number of amides is 1. The number of nitrogens with one attached hydrogen (secondary N) is 1. The number of nitrogens with zero attached hydrogens (tertiary/aromatic N) is 2. The number of carbonyl (C=O) groups excluding carboxylic acids is 1. The van der Waals surface area contributed by atoms with Crippen LogP contribution >= 0.6 is 11.8 Å². The van der Waals surface area contributed by atoms with Crippen LogP contribution in [-0.4, -0.2) is 66.6 Å². The molecule has 2 aliphatic rings. The lowest BCUT2D eigenvalue weighted by Gasteiger charge is -2.23. The predicted molar refractivity (Wildman–Crippen MR) is 67.5 cm³/mol.